The number of carbonyl (C=O) groups is 2. The molecule has 0 saturated heterocycles. The Balaban J connectivity index is 1.97. The number of Topliss-reactive ketones (excluding diaryl/α,β-unsaturated/α-hetero) is 1. The van der Waals surface area contributed by atoms with Crippen LogP contribution in [0.2, 0.25) is 0 Å². The van der Waals surface area contributed by atoms with Crippen LogP contribution in [-0.4, -0.2) is 41.4 Å². The van der Waals surface area contributed by atoms with E-state index in [4.69, 9.17) is 4.74 Å². The van der Waals surface area contributed by atoms with Crippen molar-refractivity contribution in [1.29, 1.82) is 0 Å². The molecular weight excluding hydrogens is 414 g/mol. The molecule has 0 bridgehead atoms. The number of esters is 1. The quantitative estimate of drug-likeness (QED) is 0.440. The van der Waals surface area contributed by atoms with E-state index in [0.29, 0.717) is 11.3 Å². The Hall–Kier alpha value is -3.95. The summed E-state index contributed by atoms with van der Waals surface area (Å²) in [7, 11) is 1.52. The van der Waals surface area contributed by atoms with Crippen LogP contribution in [0.5, 0.6) is 0 Å². The fraction of sp³-hybridized carbons (Fsp3) is 0.318. The first-order valence-corrected chi connectivity index (χ1v) is 10.2. The summed E-state index contributed by atoms with van der Waals surface area (Å²) >= 11 is 0. The summed E-state index contributed by atoms with van der Waals surface area (Å²) in [5.74, 6) is -0.267. The molecule has 32 heavy (non-hydrogen) atoms. The van der Waals surface area contributed by atoms with Gasteiger partial charge >= 0.3 is 11.7 Å². The molecule has 0 unspecified atom stereocenters. The summed E-state index contributed by atoms with van der Waals surface area (Å²) in [4.78, 5) is 54.4. The number of nitrogens with zero attached hydrogens (tertiary/aromatic N) is 5. The number of hydrogen-bond acceptors (Lipinski definition) is 6. The molecule has 10 heteroatoms. The number of aryl methyl sites for hydroxylation is 2. The molecule has 166 valence electrons. The van der Waals surface area contributed by atoms with Crippen molar-refractivity contribution in [2.24, 2.45) is 7.05 Å². The number of ketones is 1. The maximum absolute atomic E-state index is 13.2. The topological polar surface area (TPSA) is 110 Å². The highest BCUT2D eigenvalue weighted by Gasteiger charge is 2.24. The van der Waals surface area contributed by atoms with Gasteiger partial charge in [0.15, 0.2) is 16.9 Å². The highest BCUT2D eigenvalue weighted by molar-refractivity contribution is 5.89. The van der Waals surface area contributed by atoms with Gasteiger partial charge in [-0.2, -0.15) is 4.98 Å². The normalized spacial score (nSPS) is 12.4. The number of carbonyl (C=O) groups excluding carboxylic acids is 2. The van der Waals surface area contributed by atoms with E-state index in [9.17, 15) is 19.2 Å². The van der Waals surface area contributed by atoms with E-state index in [1.165, 1.54) is 25.5 Å². The Kier molecular flexibility index (Phi) is 5.08. The van der Waals surface area contributed by atoms with Gasteiger partial charge in [-0.1, -0.05) is 0 Å². The standard InChI is InChI=1S/C22H23N5O5/c1-6-32-20(30)15-7-9-16(10-8-15)26-12(2)11-25-17-18(23-21(25)26)24(5)22(31)27(19(17)29)13(3)14(4)28/h7-11,13H,6H2,1-5H3/t13-/m1/s1. The molecule has 3 heterocycles. The van der Waals surface area contributed by atoms with Gasteiger partial charge < -0.3 is 4.74 Å². The minimum absolute atomic E-state index is 0.209. The third-order valence-corrected chi connectivity index (χ3v) is 5.59. The van der Waals surface area contributed by atoms with Crippen molar-refractivity contribution in [3.8, 4) is 5.69 Å². The number of benzene rings is 1. The molecule has 0 N–H and O–H groups in total. The van der Waals surface area contributed by atoms with Gasteiger partial charge in [-0.05, 0) is 52.0 Å². The van der Waals surface area contributed by atoms with E-state index < -0.39 is 23.3 Å². The van der Waals surface area contributed by atoms with Crippen LogP contribution in [0.1, 0.15) is 42.9 Å². The Labute approximate surface area is 182 Å². The van der Waals surface area contributed by atoms with Gasteiger partial charge in [-0.3, -0.25) is 23.1 Å². The third kappa shape index (κ3) is 3.06. The Morgan fingerprint density at radius 2 is 1.81 bits per heavy atom. The smallest absolute Gasteiger partial charge is 0.338 e. The highest BCUT2D eigenvalue weighted by atomic mass is 16.5. The molecule has 0 spiro atoms. The molecule has 0 saturated carbocycles. The number of imidazole rings is 2. The second-order valence-electron chi connectivity index (χ2n) is 7.63. The number of hydrogen-bond donors (Lipinski definition) is 0. The largest absolute Gasteiger partial charge is 0.462 e. The lowest BCUT2D eigenvalue weighted by molar-refractivity contribution is -0.119. The lowest BCUT2D eigenvalue weighted by Crippen LogP contribution is -2.42. The van der Waals surface area contributed by atoms with Gasteiger partial charge in [0.1, 0.15) is 0 Å². The van der Waals surface area contributed by atoms with E-state index in [1.807, 2.05) is 11.5 Å². The van der Waals surface area contributed by atoms with Crippen LogP contribution < -0.4 is 11.2 Å². The fourth-order valence-electron chi connectivity index (χ4n) is 3.78. The lowest BCUT2D eigenvalue weighted by atomic mass is 10.2. The Bertz CT molecular complexity index is 1500. The fourth-order valence-corrected chi connectivity index (χ4v) is 3.78. The molecule has 4 aromatic rings. The van der Waals surface area contributed by atoms with Crippen molar-refractivity contribution in [3.05, 3.63) is 62.6 Å². The van der Waals surface area contributed by atoms with Gasteiger partial charge in [0.25, 0.3) is 5.56 Å². The van der Waals surface area contributed by atoms with E-state index in [0.717, 1.165) is 15.9 Å². The zero-order valence-corrected chi connectivity index (χ0v) is 18.4. The second-order valence-corrected chi connectivity index (χ2v) is 7.63. The third-order valence-electron chi connectivity index (χ3n) is 5.59. The molecule has 0 fully saturated rings. The summed E-state index contributed by atoms with van der Waals surface area (Å²) in [5.41, 5.74) is 1.19. The van der Waals surface area contributed by atoms with Gasteiger partial charge in [0, 0.05) is 24.6 Å². The average molecular weight is 437 g/mol. The number of rotatable bonds is 5. The Morgan fingerprint density at radius 3 is 2.41 bits per heavy atom. The molecule has 0 amide bonds. The van der Waals surface area contributed by atoms with Crippen molar-refractivity contribution in [3.63, 3.8) is 0 Å². The maximum atomic E-state index is 13.2. The predicted molar refractivity (Wildman–Crippen MR) is 118 cm³/mol. The van der Waals surface area contributed by atoms with Gasteiger partial charge in [0.2, 0.25) is 5.78 Å². The Morgan fingerprint density at radius 1 is 1.16 bits per heavy atom. The first-order chi connectivity index (χ1) is 15.2. The van der Waals surface area contributed by atoms with Gasteiger partial charge in [0.05, 0.1) is 18.2 Å². The lowest BCUT2D eigenvalue weighted by Gasteiger charge is -2.12. The van der Waals surface area contributed by atoms with E-state index in [2.05, 4.69) is 4.98 Å². The first-order valence-electron chi connectivity index (χ1n) is 10.2. The predicted octanol–water partition coefficient (Wildman–Crippen LogP) is 1.77. The van der Waals surface area contributed by atoms with Crippen LogP contribution in [0.25, 0.3) is 22.6 Å². The summed E-state index contributed by atoms with van der Waals surface area (Å²) in [6, 6.07) is 5.93. The monoisotopic (exact) mass is 437 g/mol. The van der Waals surface area contributed by atoms with Crippen molar-refractivity contribution in [2.45, 2.75) is 33.7 Å². The molecule has 0 radical (unpaired) electrons. The van der Waals surface area contributed by atoms with E-state index >= 15 is 0 Å². The molecular formula is C22H23N5O5. The van der Waals surface area contributed by atoms with Crippen molar-refractivity contribution in [2.75, 3.05) is 6.61 Å². The van der Waals surface area contributed by atoms with Crippen LogP contribution in [0.15, 0.2) is 40.1 Å². The summed E-state index contributed by atoms with van der Waals surface area (Å²) in [5, 5.41) is 0. The van der Waals surface area contributed by atoms with Gasteiger partial charge in [-0.25, -0.2) is 14.2 Å². The van der Waals surface area contributed by atoms with E-state index in [-0.39, 0.29) is 23.6 Å². The molecule has 4 rings (SSSR count). The maximum Gasteiger partial charge on any atom is 0.338 e. The van der Waals surface area contributed by atoms with Crippen molar-refractivity contribution < 1.29 is 14.3 Å². The zero-order chi connectivity index (χ0) is 23.3. The molecule has 3 aromatic heterocycles. The van der Waals surface area contributed by atoms with Crippen molar-refractivity contribution >= 4 is 28.7 Å². The molecule has 0 aliphatic heterocycles. The van der Waals surface area contributed by atoms with Crippen LogP contribution in [0.3, 0.4) is 0 Å². The second kappa shape index (κ2) is 7.63. The summed E-state index contributed by atoms with van der Waals surface area (Å²) in [6.45, 7) is 6.76. The molecule has 1 aromatic carbocycles. The summed E-state index contributed by atoms with van der Waals surface area (Å²) < 4.78 is 10.7. The van der Waals surface area contributed by atoms with Crippen molar-refractivity contribution in [1.82, 2.24) is 23.1 Å². The first kappa shape index (κ1) is 21.3. The van der Waals surface area contributed by atoms with E-state index in [1.54, 1.807) is 41.8 Å². The minimum atomic E-state index is -0.894. The molecule has 0 aliphatic rings. The summed E-state index contributed by atoms with van der Waals surface area (Å²) in [6.07, 6.45) is 1.75. The molecule has 1 atom stereocenters. The highest BCUT2D eigenvalue weighted by Crippen LogP contribution is 2.22. The molecule has 10 nitrogen and oxygen atoms in total. The van der Waals surface area contributed by atoms with Crippen LogP contribution in [0.4, 0.5) is 0 Å². The number of aromatic nitrogens is 5. The minimum Gasteiger partial charge on any atom is -0.462 e. The van der Waals surface area contributed by atoms with Crippen LogP contribution >= 0.6 is 0 Å². The molecule has 0 aliphatic carbocycles. The van der Waals surface area contributed by atoms with Gasteiger partial charge in [-0.15, -0.1) is 0 Å². The zero-order valence-electron chi connectivity index (χ0n) is 18.4. The van der Waals surface area contributed by atoms with Crippen LogP contribution in [0, 0.1) is 6.92 Å². The number of fused-ring (bicyclic) bond motifs is 3. The number of ether oxygens (including phenoxy) is 1. The SMILES string of the molecule is CCOC(=O)c1ccc(-n2c(C)cn3c4c(=O)n([C@H](C)C(C)=O)c(=O)n(C)c4nc23)cc1. The average Bonchev–Trinajstić information content (AvgIpc) is 3.27. The van der Waals surface area contributed by atoms with Crippen LogP contribution in [-0.2, 0) is 16.6 Å².